The monoisotopic (exact) mass is 647 g/mol. The fourth-order valence-corrected chi connectivity index (χ4v) is 4.74. The van der Waals surface area contributed by atoms with Gasteiger partial charge in [0.05, 0.1) is 12.3 Å². The van der Waals surface area contributed by atoms with Gasteiger partial charge in [0, 0.05) is 9.49 Å². The number of carbonyl (C=O) groups excluding carboxylic acids is 3. The van der Waals surface area contributed by atoms with Crippen LogP contribution in [-0.4, -0.2) is 58.3 Å². The van der Waals surface area contributed by atoms with Crippen LogP contribution in [0, 0.1) is 9.39 Å². The third-order valence-corrected chi connectivity index (χ3v) is 7.04. The van der Waals surface area contributed by atoms with Gasteiger partial charge in [0.1, 0.15) is 36.4 Å². The summed E-state index contributed by atoms with van der Waals surface area (Å²) in [5.74, 6) is -2.18. The summed E-state index contributed by atoms with van der Waals surface area (Å²) in [7, 11) is 0. The highest BCUT2D eigenvalue weighted by Gasteiger charge is 2.47. The third-order valence-electron chi connectivity index (χ3n) is 6.37. The van der Waals surface area contributed by atoms with E-state index in [1.165, 1.54) is 12.1 Å². The van der Waals surface area contributed by atoms with E-state index in [0.717, 1.165) is 10.5 Å². The Labute approximate surface area is 238 Å². The van der Waals surface area contributed by atoms with Gasteiger partial charge in [-0.15, -0.1) is 0 Å². The van der Waals surface area contributed by atoms with Crippen molar-refractivity contribution in [2.24, 2.45) is 0 Å². The number of rotatable bonds is 10. The maximum absolute atomic E-state index is 14.5. The summed E-state index contributed by atoms with van der Waals surface area (Å²) >= 11 is 1.95. The highest BCUT2D eigenvalue weighted by atomic mass is 127. The molecule has 1 aliphatic heterocycles. The molecule has 4 atom stereocenters. The lowest BCUT2D eigenvalue weighted by atomic mass is 9.91. The first-order valence-electron chi connectivity index (χ1n) is 12.2. The third kappa shape index (κ3) is 6.54. The first-order valence-corrected chi connectivity index (χ1v) is 13.2. The quantitative estimate of drug-likeness (QED) is 0.197. The van der Waals surface area contributed by atoms with Crippen LogP contribution in [0.25, 0.3) is 0 Å². The summed E-state index contributed by atoms with van der Waals surface area (Å²) in [6, 6.07) is 16.5. The predicted octanol–water partition coefficient (Wildman–Crippen LogP) is 3.57. The van der Waals surface area contributed by atoms with Crippen molar-refractivity contribution in [2.75, 3.05) is 18.5 Å². The molecule has 4 amide bonds. The number of hydrogen-bond donors (Lipinski definition) is 4. The summed E-state index contributed by atoms with van der Waals surface area (Å²) in [6.07, 6.45) is -1.03. The highest BCUT2D eigenvalue weighted by Crippen LogP contribution is 2.32. The van der Waals surface area contributed by atoms with Crippen molar-refractivity contribution >= 4 is 46.1 Å². The van der Waals surface area contributed by atoms with E-state index in [-0.39, 0.29) is 12.3 Å². The van der Waals surface area contributed by atoms with Gasteiger partial charge in [-0.05, 0) is 64.0 Å². The maximum Gasteiger partial charge on any atom is 0.325 e. The number of benzene rings is 3. The highest BCUT2D eigenvalue weighted by molar-refractivity contribution is 14.1. The SMILES string of the molecule is C[C@@H](c1ccccc1)[C@@H](C(=O)Nc1ccc(I)cc1F)N1C(=O)NC(c2ccc(OC[C@H](O)CO)cc2)C1=O. The van der Waals surface area contributed by atoms with Crippen molar-refractivity contribution in [1.29, 1.82) is 0 Å². The number of hydrogen-bond acceptors (Lipinski definition) is 6. The molecule has 0 spiro atoms. The molecular formula is C28H27FIN3O6. The largest absolute Gasteiger partial charge is 0.491 e. The van der Waals surface area contributed by atoms with Gasteiger partial charge >= 0.3 is 6.03 Å². The number of ether oxygens (including phenoxy) is 1. The fraction of sp³-hybridized carbons (Fsp3) is 0.250. The van der Waals surface area contributed by atoms with E-state index in [1.807, 2.05) is 28.7 Å². The number of aliphatic hydroxyl groups excluding tert-OH is 2. The predicted molar refractivity (Wildman–Crippen MR) is 150 cm³/mol. The van der Waals surface area contributed by atoms with Crippen LogP contribution in [0.2, 0.25) is 0 Å². The number of imide groups is 1. The maximum atomic E-state index is 14.5. The van der Waals surface area contributed by atoms with Crippen LogP contribution in [-0.2, 0) is 9.59 Å². The summed E-state index contributed by atoms with van der Waals surface area (Å²) in [4.78, 5) is 41.2. The van der Waals surface area contributed by atoms with Crippen LogP contribution < -0.4 is 15.4 Å². The molecule has 1 heterocycles. The molecule has 1 aliphatic rings. The van der Waals surface area contributed by atoms with Crippen molar-refractivity contribution in [1.82, 2.24) is 10.2 Å². The number of aliphatic hydroxyl groups is 2. The zero-order chi connectivity index (χ0) is 28.1. The summed E-state index contributed by atoms with van der Waals surface area (Å²) in [5, 5.41) is 23.6. The molecule has 0 radical (unpaired) electrons. The molecule has 1 saturated heterocycles. The fourth-order valence-electron chi connectivity index (χ4n) is 4.29. The minimum absolute atomic E-state index is 0.0591. The second-order valence-corrected chi connectivity index (χ2v) is 10.3. The second-order valence-electron chi connectivity index (χ2n) is 9.06. The van der Waals surface area contributed by atoms with E-state index in [2.05, 4.69) is 10.6 Å². The molecule has 1 fully saturated rings. The van der Waals surface area contributed by atoms with E-state index >= 15 is 0 Å². The first kappa shape index (κ1) is 28.5. The molecule has 0 bridgehead atoms. The molecule has 9 nitrogen and oxygen atoms in total. The zero-order valence-electron chi connectivity index (χ0n) is 20.9. The lowest BCUT2D eigenvalue weighted by Crippen LogP contribution is -2.50. The number of nitrogens with one attached hydrogen (secondary N) is 2. The molecular weight excluding hydrogens is 620 g/mol. The van der Waals surface area contributed by atoms with Gasteiger partial charge in [-0.3, -0.25) is 9.59 Å². The Morgan fingerprint density at radius 3 is 2.46 bits per heavy atom. The standard InChI is InChI=1S/C28H27FIN3O6/c1-16(17-5-3-2-4-6-17)25(26(36)31-23-12-9-19(30)13-22(23)29)33-27(37)24(32-28(33)38)18-7-10-21(11-8-18)39-15-20(35)14-34/h2-13,16,20,24-25,34-35H,14-15H2,1H3,(H,31,36)(H,32,38)/t16-,20+,24?,25-/m0/s1. The Morgan fingerprint density at radius 2 is 1.82 bits per heavy atom. The molecule has 4 N–H and O–H groups in total. The van der Waals surface area contributed by atoms with Crippen LogP contribution in [0.4, 0.5) is 14.9 Å². The average Bonchev–Trinajstić information content (AvgIpc) is 3.23. The number of amides is 4. The molecule has 0 saturated carbocycles. The number of carbonyl (C=O) groups is 3. The molecule has 1 unspecified atom stereocenters. The molecule has 204 valence electrons. The second kappa shape index (κ2) is 12.5. The lowest BCUT2D eigenvalue weighted by Gasteiger charge is -2.30. The van der Waals surface area contributed by atoms with E-state index < -0.39 is 54.4 Å². The van der Waals surface area contributed by atoms with E-state index in [1.54, 1.807) is 61.5 Å². The Balaban J connectivity index is 1.60. The number of urea groups is 1. The molecule has 0 aromatic heterocycles. The molecule has 4 rings (SSSR count). The molecule has 39 heavy (non-hydrogen) atoms. The Morgan fingerprint density at radius 1 is 1.13 bits per heavy atom. The minimum atomic E-state index is -1.27. The van der Waals surface area contributed by atoms with Gasteiger partial charge in [0.2, 0.25) is 5.91 Å². The van der Waals surface area contributed by atoms with E-state index in [9.17, 15) is 23.9 Å². The van der Waals surface area contributed by atoms with Crippen molar-refractivity contribution in [3.8, 4) is 5.75 Å². The molecule has 11 heteroatoms. The number of nitrogens with zero attached hydrogens (tertiary/aromatic N) is 1. The smallest absolute Gasteiger partial charge is 0.325 e. The van der Waals surface area contributed by atoms with Gasteiger partial charge in [0.15, 0.2) is 0 Å². The van der Waals surface area contributed by atoms with Crippen molar-refractivity contribution in [3.63, 3.8) is 0 Å². The normalized spacial score (nSPS) is 17.4. The molecule has 3 aromatic rings. The van der Waals surface area contributed by atoms with Crippen LogP contribution >= 0.6 is 22.6 Å². The zero-order valence-corrected chi connectivity index (χ0v) is 23.0. The summed E-state index contributed by atoms with van der Waals surface area (Å²) in [5.41, 5.74) is 1.12. The van der Waals surface area contributed by atoms with E-state index in [4.69, 9.17) is 9.84 Å². The van der Waals surface area contributed by atoms with Crippen molar-refractivity contribution in [2.45, 2.75) is 31.0 Å². The summed E-state index contributed by atoms with van der Waals surface area (Å²) in [6.45, 7) is 1.17. The van der Waals surface area contributed by atoms with Gasteiger partial charge in [-0.2, -0.15) is 0 Å². The van der Waals surface area contributed by atoms with Gasteiger partial charge in [0.25, 0.3) is 5.91 Å². The first-order chi connectivity index (χ1) is 18.7. The minimum Gasteiger partial charge on any atom is -0.491 e. The van der Waals surface area contributed by atoms with Gasteiger partial charge in [-0.25, -0.2) is 14.1 Å². The van der Waals surface area contributed by atoms with Crippen LogP contribution in [0.1, 0.15) is 30.0 Å². The van der Waals surface area contributed by atoms with Crippen LogP contribution in [0.5, 0.6) is 5.75 Å². The van der Waals surface area contributed by atoms with Gasteiger partial charge < -0.3 is 25.6 Å². The van der Waals surface area contributed by atoms with Crippen LogP contribution in [0.3, 0.4) is 0 Å². The Hall–Kier alpha value is -3.55. The van der Waals surface area contributed by atoms with Gasteiger partial charge in [-0.1, -0.05) is 49.4 Å². The number of anilines is 1. The van der Waals surface area contributed by atoms with Crippen molar-refractivity contribution in [3.05, 3.63) is 93.3 Å². The molecule has 0 aliphatic carbocycles. The van der Waals surface area contributed by atoms with Crippen molar-refractivity contribution < 1.29 is 33.7 Å². The Kier molecular flexibility index (Phi) is 9.15. The number of halogens is 2. The summed E-state index contributed by atoms with van der Waals surface area (Å²) < 4.78 is 20.6. The van der Waals surface area contributed by atoms with E-state index in [0.29, 0.717) is 14.9 Å². The topological polar surface area (TPSA) is 128 Å². The molecule has 3 aromatic carbocycles. The average molecular weight is 647 g/mol. The Bertz CT molecular complexity index is 1340. The lowest BCUT2D eigenvalue weighted by molar-refractivity contribution is -0.134. The van der Waals surface area contributed by atoms with Crippen LogP contribution in [0.15, 0.2) is 72.8 Å².